The van der Waals surface area contributed by atoms with Gasteiger partial charge in [-0.25, -0.2) is 15.0 Å². The highest BCUT2D eigenvalue weighted by Gasteiger charge is 2.29. The van der Waals surface area contributed by atoms with Crippen molar-refractivity contribution in [2.24, 2.45) is 0 Å². The Balaban J connectivity index is 0.997. The van der Waals surface area contributed by atoms with Crippen LogP contribution in [0.15, 0.2) is 212 Å². The standard InChI is InChI=1S/C51H31N5OS2/c1-2-14-32(15-3-1)49-52-50(54-51(53-49)38-20-13-19-37-36-18-4-8-24-43(36)57-48(37)38)33-16-12-17-34(30-33)55-41-23-7-11-27-46(41)59-47-31-35(28-29-42(47)55)56-39-21-5-9-25-44(39)58-45-26-10-6-22-40(45)56/h1-31H. The molecule has 0 aliphatic carbocycles. The van der Waals surface area contributed by atoms with Crippen molar-refractivity contribution in [2.75, 3.05) is 9.80 Å². The van der Waals surface area contributed by atoms with Crippen LogP contribution < -0.4 is 9.80 Å². The van der Waals surface area contributed by atoms with Crippen molar-refractivity contribution < 1.29 is 4.42 Å². The van der Waals surface area contributed by atoms with Crippen molar-refractivity contribution in [3.63, 3.8) is 0 Å². The molecular weight excluding hydrogens is 763 g/mol. The molecule has 0 radical (unpaired) electrons. The molecule has 6 nitrogen and oxygen atoms in total. The van der Waals surface area contributed by atoms with Gasteiger partial charge in [-0.15, -0.1) is 0 Å². The van der Waals surface area contributed by atoms with Crippen molar-refractivity contribution in [2.45, 2.75) is 19.6 Å². The Bertz CT molecular complexity index is 3230. The van der Waals surface area contributed by atoms with Crippen LogP contribution in [0.1, 0.15) is 0 Å². The summed E-state index contributed by atoms with van der Waals surface area (Å²) in [6.07, 6.45) is 0. The van der Waals surface area contributed by atoms with Crippen LogP contribution in [0.3, 0.4) is 0 Å². The van der Waals surface area contributed by atoms with Crippen molar-refractivity contribution in [3.05, 3.63) is 188 Å². The fraction of sp³-hybridized carbons (Fsp3) is 0. The molecule has 59 heavy (non-hydrogen) atoms. The highest BCUT2D eigenvalue weighted by molar-refractivity contribution is 8.00. The molecule has 2 aliphatic rings. The molecule has 0 atom stereocenters. The van der Waals surface area contributed by atoms with Crippen molar-refractivity contribution >= 4 is 79.6 Å². The fourth-order valence-electron chi connectivity index (χ4n) is 8.19. The number of aromatic nitrogens is 3. The molecule has 4 heterocycles. The van der Waals surface area contributed by atoms with Crippen LogP contribution >= 0.6 is 23.5 Å². The summed E-state index contributed by atoms with van der Waals surface area (Å²) in [5, 5.41) is 2.09. The number of benzene rings is 8. The summed E-state index contributed by atoms with van der Waals surface area (Å²) in [7, 11) is 0. The SMILES string of the molecule is c1ccc(-c2nc(-c3cccc(N4c5ccccc5Sc5cc(N6c7ccccc7Sc7ccccc76)ccc54)c3)nc(-c3cccc4c3oc3ccccc34)n2)cc1. The van der Waals surface area contributed by atoms with Crippen molar-refractivity contribution in [1.82, 2.24) is 15.0 Å². The molecule has 8 aromatic carbocycles. The predicted octanol–water partition coefficient (Wildman–Crippen LogP) is 14.6. The van der Waals surface area contributed by atoms with Gasteiger partial charge in [0, 0.05) is 52.9 Å². The first kappa shape index (κ1) is 34.0. The second kappa shape index (κ2) is 13.8. The zero-order valence-electron chi connectivity index (χ0n) is 31.4. The smallest absolute Gasteiger partial charge is 0.167 e. The predicted molar refractivity (Wildman–Crippen MR) is 241 cm³/mol. The normalized spacial score (nSPS) is 12.9. The zero-order valence-corrected chi connectivity index (χ0v) is 33.0. The zero-order chi connectivity index (χ0) is 38.9. The van der Waals surface area contributed by atoms with E-state index < -0.39 is 0 Å². The Labute approximate surface area is 348 Å². The average molecular weight is 794 g/mol. The van der Waals surface area contributed by atoms with Gasteiger partial charge >= 0.3 is 0 Å². The maximum Gasteiger partial charge on any atom is 0.167 e. The largest absolute Gasteiger partial charge is 0.455 e. The minimum Gasteiger partial charge on any atom is -0.455 e. The van der Waals surface area contributed by atoms with Gasteiger partial charge in [0.1, 0.15) is 11.2 Å². The number of hydrogen-bond acceptors (Lipinski definition) is 8. The van der Waals surface area contributed by atoms with Gasteiger partial charge < -0.3 is 14.2 Å². The summed E-state index contributed by atoms with van der Waals surface area (Å²) < 4.78 is 6.46. The Morgan fingerprint density at radius 1 is 0.373 bits per heavy atom. The summed E-state index contributed by atoms with van der Waals surface area (Å²) in [4.78, 5) is 25.0. The van der Waals surface area contributed by atoms with Crippen LogP contribution in [-0.2, 0) is 0 Å². The Kier molecular flexibility index (Phi) is 7.92. The van der Waals surface area contributed by atoms with Crippen LogP contribution in [0.4, 0.5) is 34.1 Å². The highest BCUT2D eigenvalue weighted by atomic mass is 32.2. The summed E-state index contributed by atoms with van der Waals surface area (Å²) in [6, 6.07) is 65.7. The lowest BCUT2D eigenvalue weighted by atomic mass is 10.1. The summed E-state index contributed by atoms with van der Waals surface area (Å²) >= 11 is 3.63. The van der Waals surface area contributed by atoms with Crippen LogP contribution in [0.2, 0.25) is 0 Å². The van der Waals surface area contributed by atoms with Gasteiger partial charge in [0.15, 0.2) is 17.5 Å². The number of fused-ring (bicyclic) bond motifs is 7. The van der Waals surface area contributed by atoms with Crippen molar-refractivity contribution in [1.29, 1.82) is 0 Å². The van der Waals surface area contributed by atoms with E-state index in [1.807, 2.05) is 84.2 Å². The van der Waals surface area contributed by atoms with Crippen LogP contribution in [-0.4, -0.2) is 15.0 Å². The molecule has 0 N–H and O–H groups in total. The lowest BCUT2D eigenvalue weighted by Crippen LogP contribution is -2.17. The van der Waals surface area contributed by atoms with Gasteiger partial charge in [-0.2, -0.15) is 0 Å². The minimum absolute atomic E-state index is 0.556. The Morgan fingerprint density at radius 2 is 0.898 bits per heavy atom. The maximum atomic E-state index is 6.46. The number of furan rings is 1. The van der Waals surface area contributed by atoms with E-state index in [1.165, 1.54) is 31.0 Å². The number of nitrogens with zero attached hydrogens (tertiary/aromatic N) is 5. The molecule has 12 rings (SSSR count). The molecule has 0 saturated carbocycles. The van der Waals surface area contributed by atoms with Crippen LogP contribution in [0.5, 0.6) is 0 Å². The third kappa shape index (κ3) is 5.71. The van der Waals surface area contributed by atoms with Crippen molar-refractivity contribution in [3.8, 4) is 34.2 Å². The third-order valence-electron chi connectivity index (χ3n) is 10.9. The van der Waals surface area contributed by atoms with E-state index in [4.69, 9.17) is 19.4 Å². The molecule has 2 aromatic heterocycles. The minimum atomic E-state index is 0.556. The van der Waals surface area contributed by atoms with E-state index in [1.54, 1.807) is 0 Å². The lowest BCUT2D eigenvalue weighted by Gasteiger charge is -2.36. The monoisotopic (exact) mass is 793 g/mol. The van der Waals surface area contributed by atoms with E-state index in [0.29, 0.717) is 17.5 Å². The molecule has 10 aromatic rings. The molecule has 0 amide bonds. The van der Waals surface area contributed by atoms with Crippen LogP contribution in [0.25, 0.3) is 56.1 Å². The lowest BCUT2D eigenvalue weighted by molar-refractivity contribution is 0.669. The number of rotatable bonds is 5. The van der Waals surface area contributed by atoms with Crippen LogP contribution in [0, 0.1) is 0 Å². The molecule has 0 saturated heterocycles. The third-order valence-corrected chi connectivity index (χ3v) is 13.1. The topological polar surface area (TPSA) is 58.3 Å². The Hall–Kier alpha value is -7.13. The average Bonchev–Trinajstić information content (AvgIpc) is 3.69. The molecular formula is C51H31N5OS2. The van der Waals surface area contributed by atoms with E-state index >= 15 is 0 Å². The molecule has 0 fully saturated rings. The van der Waals surface area contributed by atoms with E-state index in [9.17, 15) is 0 Å². The molecule has 8 heteroatoms. The second-order valence-electron chi connectivity index (χ2n) is 14.4. The van der Waals surface area contributed by atoms with Gasteiger partial charge in [-0.05, 0) is 78.9 Å². The molecule has 0 spiro atoms. The Morgan fingerprint density at radius 3 is 1.63 bits per heavy atom. The summed E-state index contributed by atoms with van der Waals surface area (Å²) in [6.45, 7) is 0. The summed E-state index contributed by atoms with van der Waals surface area (Å²) in [5.41, 5.74) is 10.9. The van der Waals surface area contributed by atoms with Gasteiger partial charge in [-0.1, -0.05) is 133 Å². The molecule has 0 bridgehead atoms. The summed E-state index contributed by atoms with van der Waals surface area (Å²) in [5.74, 6) is 1.74. The number of hydrogen-bond donors (Lipinski definition) is 0. The first-order chi connectivity index (χ1) is 29.2. The van der Waals surface area contributed by atoms with Gasteiger partial charge in [-0.3, -0.25) is 0 Å². The second-order valence-corrected chi connectivity index (χ2v) is 16.6. The van der Waals surface area contributed by atoms with E-state index in [-0.39, 0.29) is 0 Å². The highest BCUT2D eigenvalue weighted by Crippen LogP contribution is 2.55. The number of para-hydroxylation sites is 5. The van der Waals surface area contributed by atoms with Gasteiger partial charge in [0.2, 0.25) is 0 Å². The van der Waals surface area contributed by atoms with Gasteiger partial charge in [0.05, 0.1) is 28.3 Å². The first-order valence-electron chi connectivity index (χ1n) is 19.4. The number of anilines is 6. The quantitative estimate of drug-likeness (QED) is 0.171. The van der Waals surface area contributed by atoms with Gasteiger partial charge in [0.25, 0.3) is 0 Å². The first-order valence-corrected chi connectivity index (χ1v) is 21.1. The fourth-order valence-corrected chi connectivity index (χ4v) is 10.3. The maximum absolute atomic E-state index is 6.46. The molecule has 278 valence electrons. The molecule has 0 unspecified atom stereocenters. The molecule has 2 aliphatic heterocycles. The van der Waals surface area contributed by atoms with E-state index in [2.05, 4.69) is 137 Å². The van der Waals surface area contributed by atoms with E-state index in [0.717, 1.165) is 61.4 Å².